The van der Waals surface area contributed by atoms with Gasteiger partial charge in [-0.15, -0.1) is 11.3 Å². The SMILES string of the molecule is O=C(CO)Nc1cccc(NCc2csc(-c3ccco3)n2)c1. The molecule has 1 aromatic carbocycles. The van der Waals surface area contributed by atoms with Gasteiger partial charge in [-0.25, -0.2) is 4.98 Å². The predicted molar refractivity (Wildman–Crippen MR) is 89.3 cm³/mol. The average molecular weight is 329 g/mol. The molecule has 0 aliphatic rings. The highest BCUT2D eigenvalue weighted by atomic mass is 32.1. The Balaban J connectivity index is 1.62. The van der Waals surface area contributed by atoms with Gasteiger partial charge in [0.05, 0.1) is 18.5 Å². The Bertz CT molecular complexity index is 783. The Labute approximate surface area is 136 Å². The Morgan fingerprint density at radius 3 is 2.91 bits per heavy atom. The molecule has 6 nitrogen and oxygen atoms in total. The molecule has 0 unspecified atom stereocenters. The maximum atomic E-state index is 11.2. The zero-order valence-electron chi connectivity index (χ0n) is 12.2. The first-order chi connectivity index (χ1) is 11.2. The lowest BCUT2D eigenvalue weighted by Crippen LogP contribution is -2.15. The zero-order valence-corrected chi connectivity index (χ0v) is 13.0. The third-order valence-corrected chi connectivity index (χ3v) is 3.95. The molecule has 23 heavy (non-hydrogen) atoms. The number of hydrogen-bond acceptors (Lipinski definition) is 6. The van der Waals surface area contributed by atoms with E-state index in [2.05, 4.69) is 15.6 Å². The van der Waals surface area contributed by atoms with Crippen molar-refractivity contribution < 1.29 is 14.3 Å². The standard InChI is InChI=1S/C16H15N3O3S/c20-9-15(21)18-12-4-1-3-11(7-12)17-8-13-10-23-16(19-13)14-5-2-6-22-14/h1-7,10,17,20H,8-9H2,(H,18,21). The number of furan rings is 1. The fraction of sp³-hybridized carbons (Fsp3) is 0.125. The highest BCUT2D eigenvalue weighted by Crippen LogP contribution is 2.24. The topological polar surface area (TPSA) is 87.4 Å². The summed E-state index contributed by atoms with van der Waals surface area (Å²) in [5.41, 5.74) is 2.39. The number of carbonyl (C=O) groups is 1. The summed E-state index contributed by atoms with van der Waals surface area (Å²) in [6.45, 7) is 0.0284. The summed E-state index contributed by atoms with van der Waals surface area (Å²) < 4.78 is 5.33. The highest BCUT2D eigenvalue weighted by molar-refractivity contribution is 7.13. The van der Waals surface area contributed by atoms with Crippen LogP contribution in [0.4, 0.5) is 11.4 Å². The van der Waals surface area contributed by atoms with Crippen molar-refractivity contribution in [1.29, 1.82) is 0 Å². The lowest BCUT2D eigenvalue weighted by atomic mass is 10.2. The summed E-state index contributed by atoms with van der Waals surface area (Å²) in [6.07, 6.45) is 1.63. The van der Waals surface area contributed by atoms with Crippen LogP contribution in [0.25, 0.3) is 10.8 Å². The molecule has 2 aromatic heterocycles. The number of anilines is 2. The van der Waals surface area contributed by atoms with Gasteiger partial charge in [0.1, 0.15) is 6.61 Å². The second-order valence-corrected chi connectivity index (χ2v) is 5.62. The van der Waals surface area contributed by atoms with Crippen LogP contribution in [0.2, 0.25) is 0 Å². The maximum Gasteiger partial charge on any atom is 0.250 e. The van der Waals surface area contributed by atoms with Crippen LogP contribution in [-0.2, 0) is 11.3 Å². The fourth-order valence-electron chi connectivity index (χ4n) is 2.00. The van der Waals surface area contributed by atoms with Gasteiger partial charge < -0.3 is 20.2 Å². The van der Waals surface area contributed by atoms with Crippen molar-refractivity contribution in [1.82, 2.24) is 4.98 Å². The molecule has 0 fully saturated rings. The number of hydrogen-bond donors (Lipinski definition) is 3. The van der Waals surface area contributed by atoms with E-state index in [1.807, 2.05) is 29.6 Å². The number of aliphatic hydroxyl groups excluding tert-OH is 1. The van der Waals surface area contributed by atoms with Gasteiger partial charge in [0.2, 0.25) is 5.91 Å². The summed E-state index contributed by atoms with van der Waals surface area (Å²) in [5, 5.41) is 17.4. The zero-order chi connectivity index (χ0) is 16.1. The molecule has 1 amide bonds. The number of benzene rings is 1. The van der Waals surface area contributed by atoms with Crippen LogP contribution in [0.1, 0.15) is 5.69 Å². The van der Waals surface area contributed by atoms with Gasteiger partial charge in [-0.05, 0) is 30.3 Å². The molecule has 0 spiro atoms. The lowest BCUT2D eigenvalue weighted by molar-refractivity contribution is -0.118. The third-order valence-electron chi connectivity index (χ3n) is 3.05. The second kappa shape index (κ2) is 7.08. The molecular weight excluding hydrogens is 314 g/mol. The average Bonchev–Trinajstić information content (AvgIpc) is 3.24. The van der Waals surface area contributed by atoms with Gasteiger partial charge in [0, 0.05) is 16.8 Å². The molecule has 2 heterocycles. The van der Waals surface area contributed by atoms with Crippen LogP contribution in [0.15, 0.2) is 52.5 Å². The number of amides is 1. The van der Waals surface area contributed by atoms with Gasteiger partial charge in [0.15, 0.2) is 10.8 Å². The van der Waals surface area contributed by atoms with E-state index in [1.165, 1.54) is 11.3 Å². The quantitative estimate of drug-likeness (QED) is 0.647. The maximum absolute atomic E-state index is 11.2. The van der Waals surface area contributed by atoms with Crippen molar-refractivity contribution in [3.63, 3.8) is 0 Å². The van der Waals surface area contributed by atoms with Crippen LogP contribution < -0.4 is 10.6 Å². The van der Waals surface area contributed by atoms with E-state index < -0.39 is 12.5 Å². The van der Waals surface area contributed by atoms with Crippen LogP contribution in [-0.4, -0.2) is 22.6 Å². The van der Waals surface area contributed by atoms with E-state index in [0.29, 0.717) is 12.2 Å². The first-order valence-corrected chi connectivity index (χ1v) is 7.85. The summed E-state index contributed by atoms with van der Waals surface area (Å²) in [4.78, 5) is 15.7. The van der Waals surface area contributed by atoms with Crippen molar-refractivity contribution in [3.05, 3.63) is 53.7 Å². The fourth-order valence-corrected chi connectivity index (χ4v) is 2.79. The molecule has 0 saturated carbocycles. The van der Waals surface area contributed by atoms with E-state index >= 15 is 0 Å². The Morgan fingerprint density at radius 2 is 2.13 bits per heavy atom. The summed E-state index contributed by atoms with van der Waals surface area (Å²) in [5.74, 6) is 0.319. The second-order valence-electron chi connectivity index (χ2n) is 4.76. The van der Waals surface area contributed by atoms with Gasteiger partial charge in [-0.2, -0.15) is 0 Å². The molecule has 0 aliphatic heterocycles. The van der Waals surface area contributed by atoms with Gasteiger partial charge >= 0.3 is 0 Å². The first kappa shape index (κ1) is 15.3. The summed E-state index contributed by atoms with van der Waals surface area (Å²) in [6, 6.07) is 11.0. The Morgan fingerprint density at radius 1 is 1.26 bits per heavy atom. The minimum atomic E-state index is -0.536. The number of aliphatic hydroxyl groups is 1. The smallest absolute Gasteiger partial charge is 0.250 e. The van der Waals surface area contributed by atoms with E-state index in [1.54, 1.807) is 18.4 Å². The van der Waals surface area contributed by atoms with Gasteiger partial charge in [0.25, 0.3) is 0 Å². The van der Waals surface area contributed by atoms with Crippen LogP contribution in [0.5, 0.6) is 0 Å². The molecule has 3 aromatic rings. The molecule has 0 bridgehead atoms. The minimum absolute atomic E-state index is 0.440. The summed E-state index contributed by atoms with van der Waals surface area (Å²) >= 11 is 1.53. The molecule has 0 aliphatic carbocycles. The molecule has 0 saturated heterocycles. The number of carbonyl (C=O) groups excluding carboxylic acids is 1. The monoisotopic (exact) mass is 329 g/mol. The normalized spacial score (nSPS) is 10.5. The molecule has 7 heteroatoms. The van der Waals surface area contributed by atoms with Crippen LogP contribution >= 0.6 is 11.3 Å². The van der Waals surface area contributed by atoms with Crippen molar-refractivity contribution in [2.45, 2.75) is 6.54 Å². The van der Waals surface area contributed by atoms with Crippen molar-refractivity contribution in [3.8, 4) is 10.8 Å². The molecule has 3 N–H and O–H groups in total. The molecule has 0 radical (unpaired) electrons. The van der Waals surface area contributed by atoms with Crippen molar-refractivity contribution in [2.75, 3.05) is 17.2 Å². The van der Waals surface area contributed by atoms with Crippen LogP contribution in [0.3, 0.4) is 0 Å². The Hall–Kier alpha value is -2.64. The number of thiazole rings is 1. The number of nitrogens with zero attached hydrogens (tertiary/aromatic N) is 1. The largest absolute Gasteiger partial charge is 0.462 e. The number of rotatable bonds is 6. The third kappa shape index (κ3) is 3.97. The van der Waals surface area contributed by atoms with Crippen molar-refractivity contribution >= 4 is 28.6 Å². The summed E-state index contributed by atoms with van der Waals surface area (Å²) in [7, 11) is 0. The first-order valence-electron chi connectivity index (χ1n) is 6.97. The van der Waals surface area contributed by atoms with Crippen LogP contribution in [0, 0.1) is 0 Å². The molecule has 3 rings (SSSR count). The molecule has 0 atom stereocenters. The van der Waals surface area contributed by atoms with E-state index in [4.69, 9.17) is 9.52 Å². The van der Waals surface area contributed by atoms with E-state index in [-0.39, 0.29) is 0 Å². The Kier molecular flexibility index (Phi) is 4.70. The van der Waals surface area contributed by atoms with E-state index in [9.17, 15) is 4.79 Å². The molecular formula is C16H15N3O3S. The number of nitrogens with one attached hydrogen (secondary N) is 2. The highest BCUT2D eigenvalue weighted by Gasteiger charge is 2.07. The molecule has 118 valence electrons. The minimum Gasteiger partial charge on any atom is -0.462 e. The lowest BCUT2D eigenvalue weighted by Gasteiger charge is -2.08. The number of aromatic nitrogens is 1. The van der Waals surface area contributed by atoms with Gasteiger partial charge in [-0.1, -0.05) is 6.07 Å². The van der Waals surface area contributed by atoms with E-state index in [0.717, 1.165) is 22.1 Å². The predicted octanol–water partition coefficient (Wildman–Crippen LogP) is 2.95. The van der Waals surface area contributed by atoms with Gasteiger partial charge in [-0.3, -0.25) is 4.79 Å². The van der Waals surface area contributed by atoms with Crippen molar-refractivity contribution in [2.24, 2.45) is 0 Å².